The second-order valence-corrected chi connectivity index (χ2v) is 6.70. The third kappa shape index (κ3) is 2.91. The van der Waals surface area contributed by atoms with Gasteiger partial charge in [0.25, 0.3) is 0 Å². The predicted octanol–water partition coefficient (Wildman–Crippen LogP) is 3.77. The zero-order valence-electron chi connectivity index (χ0n) is 11.0. The quantitative estimate of drug-likeness (QED) is 0.587. The Morgan fingerprint density at radius 2 is 2.15 bits per heavy atom. The van der Waals surface area contributed by atoms with Gasteiger partial charge in [-0.2, -0.15) is 0 Å². The smallest absolute Gasteiger partial charge is 0.157 e. The van der Waals surface area contributed by atoms with E-state index in [0.29, 0.717) is 0 Å². The molecule has 0 spiro atoms. The highest BCUT2D eigenvalue weighted by Gasteiger charge is 2.07. The maximum Gasteiger partial charge on any atom is 0.157 e. The minimum Gasteiger partial charge on any atom is -0.399 e. The van der Waals surface area contributed by atoms with E-state index < -0.39 is 0 Å². The first-order valence-corrected chi connectivity index (χ1v) is 8.03. The lowest BCUT2D eigenvalue weighted by molar-refractivity contribution is 0.854. The molecule has 0 unspecified atom stereocenters. The average molecular weight is 302 g/mol. The summed E-state index contributed by atoms with van der Waals surface area (Å²) in [4.78, 5) is 13.2. The van der Waals surface area contributed by atoms with Crippen LogP contribution in [0.15, 0.2) is 40.0 Å². The van der Waals surface area contributed by atoms with Crippen LogP contribution in [-0.2, 0) is 6.42 Å². The number of fused-ring (bicyclic) bond motifs is 1. The number of hydrogen-bond donors (Lipinski definition) is 1. The van der Waals surface area contributed by atoms with Gasteiger partial charge in [-0.3, -0.25) is 0 Å². The van der Waals surface area contributed by atoms with Crippen LogP contribution in [0, 0.1) is 0 Å². The lowest BCUT2D eigenvalue weighted by Gasteiger charge is -1.99. The van der Waals surface area contributed by atoms with Crippen molar-refractivity contribution in [3.05, 3.63) is 36.3 Å². The topological polar surface area (TPSA) is 64.7 Å². The molecule has 2 heterocycles. The summed E-state index contributed by atoms with van der Waals surface area (Å²) in [7, 11) is 0. The van der Waals surface area contributed by atoms with E-state index in [9.17, 15) is 0 Å². The van der Waals surface area contributed by atoms with Crippen molar-refractivity contribution < 1.29 is 0 Å². The van der Waals surface area contributed by atoms with Gasteiger partial charge in [-0.1, -0.05) is 13.3 Å². The van der Waals surface area contributed by atoms with Gasteiger partial charge in [0.05, 0.1) is 10.2 Å². The standard InChI is InChI=1S/C14H14N4S2/c1-2-3-10-7-13(17-8-16-10)20-14-18-11-5-4-9(15)6-12(11)19-14/h4-8H,2-3,15H2,1H3. The molecule has 0 fully saturated rings. The van der Waals surface area contributed by atoms with Gasteiger partial charge in [-0.05, 0) is 42.4 Å². The highest BCUT2D eigenvalue weighted by molar-refractivity contribution is 8.01. The molecule has 3 rings (SSSR count). The summed E-state index contributed by atoms with van der Waals surface area (Å²) in [5.74, 6) is 0. The van der Waals surface area contributed by atoms with Crippen molar-refractivity contribution in [3.63, 3.8) is 0 Å². The fourth-order valence-electron chi connectivity index (χ4n) is 1.88. The number of aromatic nitrogens is 3. The first-order valence-electron chi connectivity index (χ1n) is 6.39. The molecule has 2 aromatic heterocycles. The summed E-state index contributed by atoms with van der Waals surface area (Å²) in [6.45, 7) is 2.15. The molecule has 20 heavy (non-hydrogen) atoms. The summed E-state index contributed by atoms with van der Waals surface area (Å²) in [6.07, 6.45) is 3.69. The Hall–Kier alpha value is -1.66. The van der Waals surface area contributed by atoms with Crippen molar-refractivity contribution in [1.29, 1.82) is 0 Å². The molecule has 3 aromatic rings. The summed E-state index contributed by atoms with van der Waals surface area (Å²) in [5.41, 5.74) is 8.62. The monoisotopic (exact) mass is 302 g/mol. The number of aryl methyl sites for hydroxylation is 1. The SMILES string of the molecule is CCCc1cc(Sc2nc3ccc(N)cc3s2)ncn1. The number of rotatable bonds is 4. The second kappa shape index (κ2) is 5.76. The molecule has 0 aliphatic rings. The van der Waals surface area contributed by atoms with Crippen LogP contribution in [0.2, 0.25) is 0 Å². The molecule has 4 nitrogen and oxygen atoms in total. The molecular weight excluding hydrogens is 288 g/mol. The largest absolute Gasteiger partial charge is 0.399 e. The molecule has 2 N–H and O–H groups in total. The van der Waals surface area contributed by atoms with E-state index in [-0.39, 0.29) is 0 Å². The van der Waals surface area contributed by atoms with E-state index in [1.54, 1.807) is 29.4 Å². The van der Waals surface area contributed by atoms with Gasteiger partial charge in [0, 0.05) is 11.4 Å². The number of hydrogen-bond acceptors (Lipinski definition) is 6. The Morgan fingerprint density at radius 3 is 3.00 bits per heavy atom. The summed E-state index contributed by atoms with van der Waals surface area (Å²) >= 11 is 3.21. The Labute approximate surface area is 125 Å². The van der Waals surface area contributed by atoms with Crippen molar-refractivity contribution in [2.45, 2.75) is 29.1 Å². The first-order chi connectivity index (χ1) is 9.74. The number of nitrogen functional groups attached to an aromatic ring is 1. The van der Waals surface area contributed by atoms with E-state index in [2.05, 4.69) is 21.9 Å². The molecule has 6 heteroatoms. The van der Waals surface area contributed by atoms with E-state index >= 15 is 0 Å². The fourth-order valence-corrected chi connectivity index (χ4v) is 3.93. The van der Waals surface area contributed by atoms with Crippen molar-refractivity contribution >= 4 is 39.0 Å². The summed E-state index contributed by atoms with van der Waals surface area (Å²) < 4.78 is 2.09. The third-order valence-electron chi connectivity index (χ3n) is 2.79. The van der Waals surface area contributed by atoms with E-state index in [4.69, 9.17) is 5.73 Å². The number of benzene rings is 1. The molecule has 0 atom stereocenters. The van der Waals surface area contributed by atoms with Crippen LogP contribution in [0.5, 0.6) is 0 Å². The normalized spacial score (nSPS) is 11.1. The Bertz CT molecular complexity index is 739. The minimum absolute atomic E-state index is 0.768. The van der Waals surface area contributed by atoms with E-state index in [1.165, 1.54) is 0 Å². The maximum atomic E-state index is 5.79. The number of nitrogens with two attached hydrogens (primary N) is 1. The van der Waals surface area contributed by atoms with Gasteiger partial charge < -0.3 is 5.73 Å². The zero-order chi connectivity index (χ0) is 13.9. The van der Waals surface area contributed by atoms with Crippen LogP contribution in [-0.4, -0.2) is 15.0 Å². The van der Waals surface area contributed by atoms with Crippen molar-refractivity contribution in [2.75, 3.05) is 5.73 Å². The molecule has 102 valence electrons. The summed E-state index contributed by atoms with van der Waals surface area (Å²) in [5, 5.41) is 0.940. The highest BCUT2D eigenvalue weighted by atomic mass is 32.2. The van der Waals surface area contributed by atoms with Crippen LogP contribution >= 0.6 is 23.1 Å². The predicted molar refractivity (Wildman–Crippen MR) is 84.2 cm³/mol. The Morgan fingerprint density at radius 1 is 1.25 bits per heavy atom. The molecule has 0 aliphatic heterocycles. The molecule has 0 radical (unpaired) electrons. The number of thiazole rings is 1. The van der Waals surface area contributed by atoms with Gasteiger partial charge in [0.2, 0.25) is 0 Å². The van der Waals surface area contributed by atoms with Gasteiger partial charge in [0.15, 0.2) is 4.34 Å². The maximum absolute atomic E-state index is 5.79. The molecule has 0 saturated heterocycles. The van der Waals surface area contributed by atoms with Crippen molar-refractivity contribution in [2.24, 2.45) is 0 Å². The van der Waals surface area contributed by atoms with Gasteiger partial charge in [0.1, 0.15) is 11.4 Å². The van der Waals surface area contributed by atoms with Crippen LogP contribution in [0.1, 0.15) is 19.0 Å². The molecule has 0 amide bonds. The Balaban J connectivity index is 1.87. The van der Waals surface area contributed by atoms with Gasteiger partial charge in [-0.15, -0.1) is 11.3 Å². The zero-order valence-corrected chi connectivity index (χ0v) is 12.7. The second-order valence-electron chi connectivity index (χ2n) is 4.41. The highest BCUT2D eigenvalue weighted by Crippen LogP contribution is 2.34. The average Bonchev–Trinajstić information content (AvgIpc) is 2.81. The lowest BCUT2D eigenvalue weighted by Crippen LogP contribution is -1.91. The van der Waals surface area contributed by atoms with E-state index in [0.717, 1.165) is 43.8 Å². The molecule has 0 saturated carbocycles. The summed E-state index contributed by atoms with van der Waals surface area (Å²) in [6, 6.07) is 7.82. The number of nitrogens with zero attached hydrogens (tertiary/aromatic N) is 3. The molecule has 0 bridgehead atoms. The molecular formula is C14H14N4S2. The third-order valence-corrected chi connectivity index (χ3v) is 4.80. The minimum atomic E-state index is 0.768. The van der Waals surface area contributed by atoms with Crippen LogP contribution in [0.3, 0.4) is 0 Å². The Kier molecular flexibility index (Phi) is 3.84. The lowest BCUT2D eigenvalue weighted by atomic mass is 10.2. The van der Waals surface area contributed by atoms with Crippen molar-refractivity contribution in [1.82, 2.24) is 15.0 Å². The fraction of sp³-hybridized carbons (Fsp3) is 0.214. The van der Waals surface area contributed by atoms with Gasteiger partial charge >= 0.3 is 0 Å². The van der Waals surface area contributed by atoms with Crippen LogP contribution in [0.25, 0.3) is 10.2 Å². The van der Waals surface area contributed by atoms with Gasteiger partial charge in [-0.25, -0.2) is 15.0 Å². The van der Waals surface area contributed by atoms with Crippen LogP contribution in [0.4, 0.5) is 5.69 Å². The van der Waals surface area contributed by atoms with Crippen molar-refractivity contribution in [3.8, 4) is 0 Å². The molecule has 0 aliphatic carbocycles. The first kappa shape index (κ1) is 13.3. The number of anilines is 1. The molecule has 1 aromatic carbocycles. The van der Waals surface area contributed by atoms with E-state index in [1.807, 2.05) is 24.3 Å². The van der Waals surface area contributed by atoms with Crippen LogP contribution < -0.4 is 5.73 Å².